The SMILES string of the molecule is C=C[C@@H]1[C@@H](C2C=C3OCOC3=CC2)CN(CC(=O)N(CCCC)C2(C)C=CC=C(CN)C2)[C@H]1CCN(C)C(C)=O. The minimum Gasteiger partial charge on any atom is -0.454 e. The normalized spacial score (nSPS) is 29.5. The quantitative estimate of drug-likeness (QED) is 0.369. The molecule has 2 amide bonds. The average molecular weight is 553 g/mol. The van der Waals surface area contributed by atoms with Gasteiger partial charge in [0.1, 0.15) is 0 Å². The van der Waals surface area contributed by atoms with Gasteiger partial charge in [0.05, 0.1) is 12.1 Å². The second-order valence-corrected chi connectivity index (χ2v) is 11.9. The molecule has 0 aromatic rings. The minimum absolute atomic E-state index is 0.0481. The number of nitrogens with zero attached hydrogens (tertiary/aromatic N) is 3. The van der Waals surface area contributed by atoms with Gasteiger partial charge in [0.15, 0.2) is 11.5 Å². The first-order valence-corrected chi connectivity index (χ1v) is 14.8. The number of carbonyl (C=O) groups excluding carboxylic acids is 2. The van der Waals surface area contributed by atoms with Gasteiger partial charge in [-0.05, 0) is 62.5 Å². The molecule has 2 fully saturated rings. The highest BCUT2D eigenvalue weighted by molar-refractivity contribution is 5.79. The molecule has 0 aromatic carbocycles. The van der Waals surface area contributed by atoms with Crippen molar-refractivity contribution in [1.82, 2.24) is 14.7 Å². The van der Waals surface area contributed by atoms with Gasteiger partial charge < -0.3 is 25.0 Å². The van der Waals surface area contributed by atoms with Crippen LogP contribution in [0.25, 0.3) is 0 Å². The Morgan fingerprint density at radius 3 is 2.75 bits per heavy atom. The number of carbonyl (C=O) groups is 2. The Balaban J connectivity index is 1.57. The smallest absolute Gasteiger partial charge is 0.237 e. The lowest BCUT2D eigenvalue weighted by molar-refractivity contribution is -0.137. The zero-order chi connectivity index (χ0) is 28.9. The summed E-state index contributed by atoms with van der Waals surface area (Å²) in [5.74, 6) is 2.59. The molecule has 4 rings (SSSR count). The maximum absolute atomic E-state index is 14.2. The molecule has 2 heterocycles. The monoisotopic (exact) mass is 552 g/mol. The predicted molar refractivity (Wildman–Crippen MR) is 158 cm³/mol. The number of hydrogen-bond donors (Lipinski definition) is 1. The van der Waals surface area contributed by atoms with E-state index in [1.165, 1.54) is 0 Å². The molecule has 0 bridgehead atoms. The van der Waals surface area contributed by atoms with Crippen LogP contribution in [-0.2, 0) is 19.1 Å². The number of ether oxygens (including phenoxy) is 2. The molecule has 2 N–H and O–H groups in total. The highest BCUT2D eigenvalue weighted by Gasteiger charge is 2.45. The van der Waals surface area contributed by atoms with Crippen molar-refractivity contribution in [3.63, 3.8) is 0 Å². The number of fused-ring (bicyclic) bond motifs is 1. The Bertz CT molecular complexity index is 1080. The second-order valence-electron chi connectivity index (χ2n) is 11.9. The molecular formula is C32H48N4O4. The van der Waals surface area contributed by atoms with Crippen molar-refractivity contribution < 1.29 is 19.1 Å². The van der Waals surface area contributed by atoms with E-state index in [9.17, 15) is 9.59 Å². The van der Waals surface area contributed by atoms with E-state index in [1.54, 1.807) is 11.8 Å². The molecule has 40 heavy (non-hydrogen) atoms. The van der Waals surface area contributed by atoms with Crippen LogP contribution in [0, 0.1) is 17.8 Å². The lowest BCUT2D eigenvalue weighted by atomic mass is 9.77. The molecule has 0 aromatic heterocycles. The van der Waals surface area contributed by atoms with E-state index in [-0.39, 0.29) is 42.4 Å². The predicted octanol–water partition coefficient (Wildman–Crippen LogP) is 3.98. The highest BCUT2D eigenvalue weighted by atomic mass is 16.7. The first-order valence-electron chi connectivity index (χ1n) is 14.8. The lowest BCUT2D eigenvalue weighted by Gasteiger charge is -2.42. The van der Waals surface area contributed by atoms with Gasteiger partial charge >= 0.3 is 0 Å². The standard InChI is InChI=1S/C32H48N4O4/c1-6-8-15-36(32(4)14-9-10-24(18-32)19-33)31(38)21-35-20-27(25-11-12-29-30(17-25)40-22-39-29)26(7-2)28(35)13-16-34(5)23(3)37/h7,9-10,12,14,17,25-28H,2,6,8,11,13,15-16,18-22,33H2,1,3-5H3/t25?,26-,27-,28+,32?/m1/s1. The summed E-state index contributed by atoms with van der Waals surface area (Å²) < 4.78 is 11.3. The zero-order valence-corrected chi connectivity index (χ0v) is 24.8. The van der Waals surface area contributed by atoms with Crippen LogP contribution >= 0.6 is 0 Å². The van der Waals surface area contributed by atoms with Crippen LogP contribution in [0.15, 0.2) is 60.1 Å². The summed E-state index contributed by atoms with van der Waals surface area (Å²) >= 11 is 0. The van der Waals surface area contributed by atoms with Gasteiger partial charge in [-0.15, -0.1) is 6.58 Å². The molecule has 2 unspecified atom stereocenters. The average Bonchev–Trinajstić information content (AvgIpc) is 3.55. The summed E-state index contributed by atoms with van der Waals surface area (Å²) in [7, 11) is 1.84. The highest BCUT2D eigenvalue weighted by Crippen LogP contribution is 2.43. The van der Waals surface area contributed by atoms with Crippen molar-refractivity contribution in [2.45, 2.75) is 64.5 Å². The number of hydrogen-bond acceptors (Lipinski definition) is 6. The summed E-state index contributed by atoms with van der Waals surface area (Å²) in [6.07, 6.45) is 17.1. The molecular weight excluding hydrogens is 504 g/mol. The Morgan fingerprint density at radius 2 is 2.05 bits per heavy atom. The molecule has 2 aliphatic carbocycles. The number of unbranched alkanes of at least 4 members (excludes halogenated alkanes) is 1. The van der Waals surface area contributed by atoms with Crippen LogP contribution in [0.1, 0.15) is 52.9 Å². The van der Waals surface area contributed by atoms with Gasteiger partial charge in [0, 0.05) is 46.2 Å². The maximum atomic E-state index is 14.2. The van der Waals surface area contributed by atoms with E-state index in [0.717, 1.165) is 55.7 Å². The van der Waals surface area contributed by atoms with Crippen LogP contribution in [-0.4, -0.2) is 84.7 Å². The summed E-state index contributed by atoms with van der Waals surface area (Å²) in [4.78, 5) is 32.4. The summed E-state index contributed by atoms with van der Waals surface area (Å²) in [5.41, 5.74) is 6.77. The maximum Gasteiger partial charge on any atom is 0.237 e. The van der Waals surface area contributed by atoms with E-state index in [1.807, 2.05) is 13.1 Å². The summed E-state index contributed by atoms with van der Waals surface area (Å²) in [5, 5.41) is 0. The van der Waals surface area contributed by atoms with Crippen molar-refractivity contribution in [3.05, 3.63) is 60.1 Å². The fourth-order valence-electron chi connectivity index (χ4n) is 6.78. The minimum atomic E-state index is -0.397. The number of rotatable bonds is 12. The van der Waals surface area contributed by atoms with Gasteiger partial charge in [-0.25, -0.2) is 0 Å². The van der Waals surface area contributed by atoms with E-state index >= 15 is 0 Å². The molecule has 4 aliphatic rings. The van der Waals surface area contributed by atoms with Crippen molar-refractivity contribution in [2.24, 2.45) is 23.5 Å². The van der Waals surface area contributed by atoms with E-state index < -0.39 is 5.54 Å². The Kier molecular flexibility index (Phi) is 9.95. The molecule has 8 nitrogen and oxygen atoms in total. The number of allylic oxidation sites excluding steroid dienone is 4. The van der Waals surface area contributed by atoms with Gasteiger partial charge in [-0.3, -0.25) is 14.5 Å². The van der Waals surface area contributed by atoms with E-state index in [4.69, 9.17) is 15.2 Å². The van der Waals surface area contributed by atoms with Gasteiger partial charge in [-0.2, -0.15) is 0 Å². The third-order valence-electron chi connectivity index (χ3n) is 9.21. The van der Waals surface area contributed by atoms with Crippen molar-refractivity contribution in [3.8, 4) is 0 Å². The number of amides is 2. The van der Waals surface area contributed by atoms with Crippen LogP contribution in [0.3, 0.4) is 0 Å². The third-order valence-corrected chi connectivity index (χ3v) is 9.21. The van der Waals surface area contributed by atoms with E-state index in [2.05, 4.69) is 60.6 Å². The Labute approximate surface area is 240 Å². The summed E-state index contributed by atoms with van der Waals surface area (Å²) in [6.45, 7) is 13.4. The van der Waals surface area contributed by atoms with Crippen molar-refractivity contribution >= 4 is 11.8 Å². The number of likely N-dealkylation sites (tertiary alicyclic amines) is 1. The lowest BCUT2D eigenvalue weighted by Crippen LogP contribution is -2.54. The molecule has 0 saturated carbocycles. The molecule has 5 atom stereocenters. The fourth-order valence-corrected chi connectivity index (χ4v) is 6.78. The molecule has 2 saturated heterocycles. The van der Waals surface area contributed by atoms with Crippen LogP contribution in [0.5, 0.6) is 0 Å². The van der Waals surface area contributed by atoms with Gasteiger partial charge in [0.25, 0.3) is 0 Å². The van der Waals surface area contributed by atoms with Crippen LogP contribution in [0.4, 0.5) is 0 Å². The molecule has 220 valence electrons. The second kappa shape index (κ2) is 13.2. The van der Waals surface area contributed by atoms with E-state index in [0.29, 0.717) is 26.2 Å². The third kappa shape index (κ3) is 6.55. The Hall–Kier alpha value is -2.84. The molecule has 0 spiro atoms. The zero-order valence-electron chi connectivity index (χ0n) is 24.8. The topological polar surface area (TPSA) is 88.3 Å². The fraction of sp³-hybridized carbons (Fsp3) is 0.625. The van der Waals surface area contributed by atoms with Crippen LogP contribution < -0.4 is 5.73 Å². The van der Waals surface area contributed by atoms with Crippen molar-refractivity contribution in [2.75, 3.05) is 46.6 Å². The number of nitrogens with two attached hydrogens (primary N) is 1. The van der Waals surface area contributed by atoms with Gasteiger partial charge in [0.2, 0.25) is 18.6 Å². The molecule has 2 aliphatic heterocycles. The largest absolute Gasteiger partial charge is 0.454 e. The van der Waals surface area contributed by atoms with Gasteiger partial charge in [-0.1, -0.05) is 43.2 Å². The van der Waals surface area contributed by atoms with Crippen LogP contribution in [0.2, 0.25) is 0 Å². The molecule has 0 radical (unpaired) electrons. The molecule has 8 heteroatoms. The first-order chi connectivity index (χ1) is 19.2. The van der Waals surface area contributed by atoms with Crippen molar-refractivity contribution in [1.29, 1.82) is 0 Å². The first kappa shape index (κ1) is 30.1. The summed E-state index contributed by atoms with van der Waals surface area (Å²) in [6, 6.07) is 0.111. The Morgan fingerprint density at radius 1 is 1.27 bits per heavy atom.